The fourth-order valence-electron chi connectivity index (χ4n) is 3.46. The van der Waals surface area contributed by atoms with Crippen LogP contribution in [0.4, 0.5) is 4.39 Å². The average Bonchev–Trinajstić information content (AvgIpc) is 3.12. The molecule has 128 valence electrons. The number of rotatable bonds is 6. The fraction of sp³-hybridized carbons (Fsp3) is 0.444. The van der Waals surface area contributed by atoms with E-state index in [2.05, 4.69) is 10.4 Å². The van der Waals surface area contributed by atoms with Gasteiger partial charge in [-0.25, -0.2) is 4.39 Å². The van der Waals surface area contributed by atoms with E-state index in [-0.39, 0.29) is 18.2 Å². The van der Waals surface area contributed by atoms with Crippen molar-refractivity contribution in [3.63, 3.8) is 0 Å². The van der Waals surface area contributed by atoms with Crippen molar-refractivity contribution in [3.05, 3.63) is 41.8 Å². The summed E-state index contributed by atoms with van der Waals surface area (Å²) in [6, 6.07) is 6.69. The van der Waals surface area contributed by atoms with E-state index < -0.39 is 5.97 Å². The van der Waals surface area contributed by atoms with Crippen LogP contribution in [-0.4, -0.2) is 26.9 Å². The summed E-state index contributed by atoms with van der Waals surface area (Å²) >= 11 is 0. The predicted octanol–water partition coefficient (Wildman–Crippen LogP) is 2.96. The molecule has 2 atom stereocenters. The van der Waals surface area contributed by atoms with Crippen molar-refractivity contribution in [1.29, 1.82) is 0 Å². The Morgan fingerprint density at radius 2 is 2.12 bits per heavy atom. The van der Waals surface area contributed by atoms with E-state index in [0.29, 0.717) is 12.6 Å². The third-order valence-electron chi connectivity index (χ3n) is 4.61. The molecular formula is C18H22FN3O2. The van der Waals surface area contributed by atoms with Crippen LogP contribution in [0.2, 0.25) is 0 Å². The SMILES string of the molecule is Cn1cc(CN[C@@H]2CC[C@H](CC(=O)O)C2)c(-c2ccc(F)cc2)n1. The van der Waals surface area contributed by atoms with E-state index in [0.717, 1.165) is 36.1 Å². The Balaban J connectivity index is 1.64. The summed E-state index contributed by atoms with van der Waals surface area (Å²) < 4.78 is 14.9. The molecule has 0 unspecified atom stereocenters. The van der Waals surface area contributed by atoms with E-state index in [9.17, 15) is 9.18 Å². The second-order valence-corrected chi connectivity index (χ2v) is 6.54. The van der Waals surface area contributed by atoms with Gasteiger partial charge >= 0.3 is 5.97 Å². The standard InChI is InChI=1S/C18H22FN3O2/c1-22-11-14(18(21-22)13-3-5-15(19)6-4-13)10-20-16-7-2-12(8-16)9-17(23)24/h3-6,11-12,16,20H,2,7-10H2,1H3,(H,23,24)/t12-,16+/m0/s1. The van der Waals surface area contributed by atoms with Crippen LogP contribution in [0.15, 0.2) is 30.5 Å². The molecule has 0 amide bonds. The second kappa shape index (κ2) is 7.13. The number of carbonyl (C=O) groups is 1. The first-order valence-corrected chi connectivity index (χ1v) is 8.25. The molecule has 0 bridgehead atoms. The van der Waals surface area contributed by atoms with Gasteiger partial charge < -0.3 is 10.4 Å². The number of aryl methyl sites for hydroxylation is 1. The van der Waals surface area contributed by atoms with E-state index in [1.807, 2.05) is 13.2 Å². The normalized spacial score (nSPS) is 20.4. The first-order chi connectivity index (χ1) is 11.5. The van der Waals surface area contributed by atoms with Gasteiger partial charge in [0.2, 0.25) is 0 Å². The highest BCUT2D eigenvalue weighted by atomic mass is 19.1. The molecule has 0 aliphatic heterocycles. The van der Waals surface area contributed by atoms with E-state index in [4.69, 9.17) is 5.11 Å². The van der Waals surface area contributed by atoms with E-state index >= 15 is 0 Å². The molecular weight excluding hydrogens is 309 g/mol. The Labute approximate surface area is 140 Å². The van der Waals surface area contributed by atoms with Crippen LogP contribution in [0.3, 0.4) is 0 Å². The first-order valence-electron chi connectivity index (χ1n) is 8.25. The largest absolute Gasteiger partial charge is 0.481 e. The second-order valence-electron chi connectivity index (χ2n) is 6.54. The summed E-state index contributed by atoms with van der Waals surface area (Å²) in [6.07, 6.45) is 5.09. The number of nitrogens with zero attached hydrogens (tertiary/aromatic N) is 2. The topological polar surface area (TPSA) is 67.2 Å². The zero-order valence-electron chi connectivity index (χ0n) is 13.7. The number of hydrogen-bond acceptors (Lipinski definition) is 3. The number of aliphatic carboxylic acids is 1. The maximum atomic E-state index is 13.1. The molecule has 3 rings (SSSR count). The van der Waals surface area contributed by atoms with Crippen LogP contribution in [0.25, 0.3) is 11.3 Å². The fourth-order valence-corrected chi connectivity index (χ4v) is 3.46. The van der Waals surface area contributed by atoms with Crippen molar-refractivity contribution < 1.29 is 14.3 Å². The monoisotopic (exact) mass is 331 g/mol. The maximum absolute atomic E-state index is 13.1. The van der Waals surface area contributed by atoms with Crippen LogP contribution in [0.1, 0.15) is 31.2 Å². The van der Waals surface area contributed by atoms with Crippen molar-refractivity contribution in [3.8, 4) is 11.3 Å². The van der Waals surface area contributed by atoms with Gasteiger partial charge in [-0.2, -0.15) is 5.10 Å². The number of hydrogen-bond donors (Lipinski definition) is 2. The van der Waals surface area contributed by atoms with Crippen LogP contribution >= 0.6 is 0 Å². The van der Waals surface area contributed by atoms with Crippen molar-refractivity contribution in [2.45, 2.75) is 38.3 Å². The molecule has 0 radical (unpaired) electrons. The predicted molar refractivity (Wildman–Crippen MR) is 88.8 cm³/mol. The lowest BCUT2D eigenvalue weighted by Crippen LogP contribution is -2.26. The number of carboxylic acid groups (broad SMARTS) is 1. The highest BCUT2D eigenvalue weighted by Gasteiger charge is 2.26. The van der Waals surface area contributed by atoms with Gasteiger partial charge in [-0.05, 0) is 49.4 Å². The van der Waals surface area contributed by atoms with Crippen LogP contribution in [-0.2, 0) is 18.4 Å². The zero-order chi connectivity index (χ0) is 17.1. The molecule has 2 N–H and O–H groups in total. The van der Waals surface area contributed by atoms with Crippen molar-refractivity contribution in [1.82, 2.24) is 15.1 Å². The molecule has 5 nitrogen and oxygen atoms in total. The summed E-state index contributed by atoms with van der Waals surface area (Å²) in [5.74, 6) is -0.707. The molecule has 1 heterocycles. The van der Waals surface area contributed by atoms with Crippen molar-refractivity contribution in [2.75, 3.05) is 0 Å². The highest BCUT2D eigenvalue weighted by molar-refractivity contribution is 5.67. The maximum Gasteiger partial charge on any atom is 0.303 e. The summed E-state index contributed by atoms with van der Waals surface area (Å²) in [6.45, 7) is 0.672. The summed E-state index contributed by atoms with van der Waals surface area (Å²) in [7, 11) is 1.87. The smallest absolute Gasteiger partial charge is 0.303 e. The van der Waals surface area contributed by atoms with Gasteiger partial charge in [-0.1, -0.05) is 0 Å². The van der Waals surface area contributed by atoms with E-state index in [1.54, 1.807) is 16.8 Å². The Hall–Kier alpha value is -2.21. The molecule has 24 heavy (non-hydrogen) atoms. The van der Waals surface area contributed by atoms with Crippen molar-refractivity contribution >= 4 is 5.97 Å². The summed E-state index contributed by atoms with van der Waals surface area (Å²) in [4.78, 5) is 10.8. The van der Waals surface area contributed by atoms with Gasteiger partial charge in [-0.15, -0.1) is 0 Å². The molecule has 0 spiro atoms. The van der Waals surface area contributed by atoms with Gasteiger partial charge in [0.25, 0.3) is 0 Å². The van der Waals surface area contributed by atoms with Gasteiger partial charge in [0.1, 0.15) is 5.82 Å². The lowest BCUT2D eigenvalue weighted by molar-refractivity contribution is -0.138. The number of nitrogens with one attached hydrogen (secondary N) is 1. The quantitative estimate of drug-likeness (QED) is 0.854. The Morgan fingerprint density at radius 3 is 2.83 bits per heavy atom. The number of carboxylic acids is 1. The molecule has 1 fully saturated rings. The number of aromatic nitrogens is 2. The van der Waals surface area contributed by atoms with Gasteiger partial charge in [0.05, 0.1) is 5.69 Å². The third kappa shape index (κ3) is 4.00. The van der Waals surface area contributed by atoms with Crippen LogP contribution in [0, 0.1) is 11.7 Å². The Bertz CT molecular complexity index is 712. The minimum atomic E-state index is -0.716. The number of halogens is 1. The molecule has 0 saturated heterocycles. The number of benzene rings is 1. The first kappa shape index (κ1) is 16.6. The Kier molecular flexibility index (Phi) is 4.94. The lowest BCUT2D eigenvalue weighted by atomic mass is 10.0. The molecule has 1 saturated carbocycles. The molecule has 1 aromatic carbocycles. The molecule has 2 aromatic rings. The van der Waals surface area contributed by atoms with Gasteiger partial charge in [0.15, 0.2) is 0 Å². The molecule has 1 aliphatic rings. The van der Waals surface area contributed by atoms with Crippen LogP contribution < -0.4 is 5.32 Å². The molecule has 1 aliphatic carbocycles. The highest BCUT2D eigenvalue weighted by Crippen LogP contribution is 2.29. The minimum absolute atomic E-state index is 0.256. The van der Waals surface area contributed by atoms with Crippen LogP contribution in [0.5, 0.6) is 0 Å². The van der Waals surface area contributed by atoms with E-state index in [1.165, 1.54) is 12.1 Å². The summed E-state index contributed by atoms with van der Waals surface area (Å²) in [5, 5.41) is 16.9. The Morgan fingerprint density at radius 1 is 1.38 bits per heavy atom. The van der Waals surface area contributed by atoms with Crippen molar-refractivity contribution in [2.24, 2.45) is 13.0 Å². The molecule has 1 aromatic heterocycles. The van der Waals surface area contributed by atoms with Gasteiger partial charge in [-0.3, -0.25) is 9.48 Å². The van der Waals surface area contributed by atoms with Gasteiger partial charge in [0, 0.05) is 43.4 Å². The zero-order valence-corrected chi connectivity index (χ0v) is 13.7. The summed E-state index contributed by atoms with van der Waals surface area (Å²) in [5.41, 5.74) is 2.81. The molecule has 6 heteroatoms. The lowest BCUT2D eigenvalue weighted by Gasteiger charge is -2.12. The average molecular weight is 331 g/mol. The third-order valence-corrected chi connectivity index (χ3v) is 4.61. The minimum Gasteiger partial charge on any atom is -0.481 e.